The van der Waals surface area contributed by atoms with Crippen LogP contribution in [0.4, 0.5) is 0 Å². The van der Waals surface area contributed by atoms with Crippen molar-refractivity contribution in [3.8, 4) is 0 Å². The molecule has 0 saturated heterocycles. The van der Waals surface area contributed by atoms with Crippen LogP contribution in [0.3, 0.4) is 0 Å². The van der Waals surface area contributed by atoms with Gasteiger partial charge in [0.2, 0.25) is 0 Å². The maximum Gasteiger partial charge on any atom is 0.257 e. The molecule has 13 heavy (non-hydrogen) atoms. The highest BCUT2D eigenvalue weighted by molar-refractivity contribution is 5.76. The Kier molecular flexibility index (Phi) is 3.55. The summed E-state index contributed by atoms with van der Waals surface area (Å²) in [5, 5.41) is 2.50. The van der Waals surface area contributed by atoms with Crippen LogP contribution in [0.25, 0.3) is 0 Å². The molecule has 0 heterocycles. The number of amides is 1. The predicted molar refractivity (Wildman–Crippen MR) is 51.1 cm³/mol. The van der Waals surface area contributed by atoms with E-state index in [0.717, 1.165) is 18.6 Å². The number of carbonyl (C=O) groups excluding carboxylic acids is 1. The van der Waals surface area contributed by atoms with Gasteiger partial charge in [-0.15, -0.1) is 0 Å². The fourth-order valence-electron chi connectivity index (χ4n) is 1.14. The van der Waals surface area contributed by atoms with Crippen LogP contribution in [0.2, 0.25) is 0 Å². The third-order valence-electron chi connectivity index (χ3n) is 1.92. The molecule has 0 aromatic carbocycles. The molecule has 0 unspecified atom stereocenters. The Morgan fingerprint density at radius 2 is 2.46 bits per heavy atom. The zero-order chi connectivity index (χ0) is 9.68. The second-order valence-electron chi connectivity index (χ2n) is 3.10. The van der Waals surface area contributed by atoms with Gasteiger partial charge >= 0.3 is 0 Å². The molecule has 72 valence electrons. The number of rotatable bonds is 3. The molecule has 1 rings (SSSR count). The highest BCUT2D eigenvalue weighted by Gasteiger charge is 2.04. The molecule has 0 spiro atoms. The van der Waals surface area contributed by atoms with E-state index in [2.05, 4.69) is 12.2 Å². The maximum absolute atomic E-state index is 10.9. The first-order valence-electron chi connectivity index (χ1n) is 4.43. The standard InChI is InChI=1S/C10H15NO2/c1-8-4-3-5-9(6-8)13-7-10(12)11-2/h5-6H,3-4,7H2,1-2H3,(H,11,12). The SMILES string of the molecule is CNC(=O)COC1=CCCC(C)=C1. The van der Waals surface area contributed by atoms with Gasteiger partial charge < -0.3 is 10.1 Å². The molecule has 0 fully saturated rings. The lowest BCUT2D eigenvalue weighted by Gasteiger charge is -2.11. The highest BCUT2D eigenvalue weighted by atomic mass is 16.5. The zero-order valence-electron chi connectivity index (χ0n) is 8.09. The van der Waals surface area contributed by atoms with Gasteiger partial charge in [0.25, 0.3) is 5.91 Å². The smallest absolute Gasteiger partial charge is 0.257 e. The highest BCUT2D eigenvalue weighted by Crippen LogP contribution is 2.16. The van der Waals surface area contributed by atoms with Crippen LogP contribution in [0.5, 0.6) is 0 Å². The minimum atomic E-state index is -0.0995. The molecular weight excluding hydrogens is 166 g/mol. The van der Waals surface area contributed by atoms with Crippen LogP contribution < -0.4 is 5.32 Å². The number of hydrogen-bond donors (Lipinski definition) is 1. The quantitative estimate of drug-likeness (QED) is 0.714. The van der Waals surface area contributed by atoms with Crippen LogP contribution in [0.1, 0.15) is 19.8 Å². The van der Waals surface area contributed by atoms with Crippen LogP contribution in [0.15, 0.2) is 23.5 Å². The van der Waals surface area contributed by atoms with Crippen molar-refractivity contribution in [3.63, 3.8) is 0 Å². The maximum atomic E-state index is 10.9. The van der Waals surface area contributed by atoms with E-state index in [-0.39, 0.29) is 12.5 Å². The van der Waals surface area contributed by atoms with Gasteiger partial charge in [-0.1, -0.05) is 5.57 Å². The number of nitrogens with one attached hydrogen (secondary N) is 1. The van der Waals surface area contributed by atoms with Crippen molar-refractivity contribution in [1.29, 1.82) is 0 Å². The molecule has 0 bridgehead atoms. The van der Waals surface area contributed by atoms with Crippen LogP contribution >= 0.6 is 0 Å². The van der Waals surface area contributed by atoms with Crippen molar-refractivity contribution in [2.75, 3.05) is 13.7 Å². The Bertz CT molecular complexity index is 254. The Hall–Kier alpha value is -1.25. The molecule has 0 radical (unpaired) electrons. The molecule has 0 atom stereocenters. The van der Waals surface area contributed by atoms with E-state index >= 15 is 0 Å². The lowest BCUT2D eigenvalue weighted by atomic mass is 10.1. The minimum absolute atomic E-state index is 0.0995. The van der Waals surface area contributed by atoms with Gasteiger partial charge in [-0.3, -0.25) is 4.79 Å². The third kappa shape index (κ3) is 3.32. The first-order chi connectivity index (χ1) is 6.22. The van der Waals surface area contributed by atoms with E-state index < -0.39 is 0 Å². The molecule has 1 aliphatic carbocycles. The Morgan fingerprint density at radius 3 is 3.08 bits per heavy atom. The van der Waals surface area contributed by atoms with Crippen molar-refractivity contribution in [1.82, 2.24) is 5.32 Å². The number of carbonyl (C=O) groups is 1. The zero-order valence-corrected chi connectivity index (χ0v) is 8.09. The molecule has 0 aromatic rings. The molecule has 0 saturated carbocycles. The fourth-order valence-corrected chi connectivity index (χ4v) is 1.14. The van der Waals surface area contributed by atoms with E-state index in [0.29, 0.717) is 0 Å². The number of likely N-dealkylation sites (N-methyl/N-ethyl adjacent to an activating group) is 1. The van der Waals surface area contributed by atoms with E-state index in [4.69, 9.17) is 4.74 Å². The van der Waals surface area contributed by atoms with Crippen LogP contribution in [-0.4, -0.2) is 19.6 Å². The summed E-state index contributed by atoms with van der Waals surface area (Å²) in [5.74, 6) is 0.713. The Morgan fingerprint density at radius 1 is 1.69 bits per heavy atom. The Balaban J connectivity index is 2.37. The van der Waals surface area contributed by atoms with Crippen molar-refractivity contribution in [2.45, 2.75) is 19.8 Å². The van der Waals surface area contributed by atoms with Gasteiger partial charge in [-0.05, 0) is 31.9 Å². The molecular formula is C10H15NO2. The normalized spacial score (nSPS) is 15.8. The average Bonchev–Trinajstić information content (AvgIpc) is 2.14. The Labute approximate surface area is 78.5 Å². The van der Waals surface area contributed by atoms with E-state index in [1.807, 2.05) is 12.2 Å². The lowest BCUT2D eigenvalue weighted by Crippen LogP contribution is -2.23. The van der Waals surface area contributed by atoms with Gasteiger partial charge in [-0.2, -0.15) is 0 Å². The minimum Gasteiger partial charge on any atom is -0.484 e. The first kappa shape index (κ1) is 9.84. The predicted octanol–water partition coefficient (Wildman–Crippen LogP) is 1.37. The number of hydrogen-bond acceptors (Lipinski definition) is 2. The summed E-state index contributed by atoms with van der Waals surface area (Å²) in [5.41, 5.74) is 1.30. The monoisotopic (exact) mass is 181 g/mol. The molecule has 3 nitrogen and oxygen atoms in total. The van der Waals surface area contributed by atoms with Gasteiger partial charge in [-0.25, -0.2) is 0 Å². The van der Waals surface area contributed by atoms with Gasteiger partial charge in [0.15, 0.2) is 6.61 Å². The summed E-state index contributed by atoms with van der Waals surface area (Å²) in [6.45, 7) is 2.17. The molecule has 3 heteroatoms. The largest absolute Gasteiger partial charge is 0.484 e. The van der Waals surface area contributed by atoms with Crippen LogP contribution in [0, 0.1) is 0 Å². The number of allylic oxidation sites excluding steroid dienone is 3. The van der Waals surface area contributed by atoms with Crippen molar-refractivity contribution in [3.05, 3.63) is 23.5 Å². The van der Waals surface area contributed by atoms with Gasteiger partial charge in [0, 0.05) is 7.05 Å². The van der Waals surface area contributed by atoms with Crippen molar-refractivity contribution >= 4 is 5.91 Å². The molecule has 1 amide bonds. The summed E-state index contributed by atoms with van der Waals surface area (Å²) in [4.78, 5) is 10.9. The van der Waals surface area contributed by atoms with E-state index in [1.54, 1.807) is 7.05 Å². The first-order valence-corrected chi connectivity index (χ1v) is 4.43. The number of ether oxygens (including phenoxy) is 1. The van der Waals surface area contributed by atoms with Crippen molar-refractivity contribution < 1.29 is 9.53 Å². The molecule has 0 aliphatic heterocycles. The summed E-state index contributed by atoms with van der Waals surface area (Å²) in [6, 6.07) is 0. The summed E-state index contributed by atoms with van der Waals surface area (Å²) in [7, 11) is 1.60. The van der Waals surface area contributed by atoms with Crippen LogP contribution in [-0.2, 0) is 9.53 Å². The van der Waals surface area contributed by atoms with Crippen molar-refractivity contribution in [2.24, 2.45) is 0 Å². The summed E-state index contributed by atoms with van der Waals surface area (Å²) in [6.07, 6.45) is 6.08. The molecule has 0 aromatic heterocycles. The second-order valence-corrected chi connectivity index (χ2v) is 3.10. The second kappa shape index (κ2) is 4.70. The fraction of sp³-hybridized carbons (Fsp3) is 0.500. The lowest BCUT2D eigenvalue weighted by molar-refractivity contribution is -0.123. The topological polar surface area (TPSA) is 38.3 Å². The molecule has 1 N–H and O–H groups in total. The molecule has 1 aliphatic rings. The summed E-state index contributed by atoms with van der Waals surface area (Å²) < 4.78 is 5.28. The van der Waals surface area contributed by atoms with Gasteiger partial charge in [0.1, 0.15) is 5.76 Å². The third-order valence-corrected chi connectivity index (χ3v) is 1.92. The van der Waals surface area contributed by atoms with E-state index in [9.17, 15) is 4.79 Å². The average molecular weight is 181 g/mol. The van der Waals surface area contributed by atoms with Gasteiger partial charge in [0.05, 0.1) is 0 Å². The summed E-state index contributed by atoms with van der Waals surface area (Å²) >= 11 is 0. The van der Waals surface area contributed by atoms with E-state index in [1.165, 1.54) is 5.57 Å².